The fourth-order valence-corrected chi connectivity index (χ4v) is 3.27. The maximum Gasteiger partial charge on any atom is 0.169 e. The van der Waals surface area contributed by atoms with Crippen molar-refractivity contribution >= 4 is 40.1 Å². The molecule has 5 nitrogen and oxygen atoms in total. The number of halogens is 1. The SMILES string of the molecule is Cc1csc(CC(=O)c2cc(Cl)cc(N(C)c3cncnc3)c2)n1. The number of nitrogens with zero attached hydrogens (tertiary/aromatic N) is 4. The Balaban J connectivity index is 1.87. The van der Waals surface area contributed by atoms with E-state index in [2.05, 4.69) is 15.0 Å². The molecule has 3 aromatic rings. The summed E-state index contributed by atoms with van der Waals surface area (Å²) >= 11 is 7.70. The molecular formula is C17H15ClN4OS. The van der Waals surface area contributed by atoms with Crippen LogP contribution in [0, 0.1) is 6.92 Å². The van der Waals surface area contributed by atoms with Gasteiger partial charge in [-0.15, -0.1) is 11.3 Å². The highest BCUT2D eigenvalue weighted by Crippen LogP contribution is 2.27. The van der Waals surface area contributed by atoms with Gasteiger partial charge in [0.15, 0.2) is 5.78 Å². The highest BCUT2D eigenvalue weighted by molar-refractivity contribution is 7.09. The number of carbonyl (C=O) groups excluding carboxylic acids is 1. The molecule has 0 saturated heterocycles. The van der Waals surface area contributed by atoms with Gasteiger partial charge in [-0.25, -0.2) is 15.0 Å². The molecule has 0 fully saturated rings. The first-order valence-electron chi connectivity index (χ1n) is 7.26. The van der Waals surface area contributed by atoms with Crippen molar-refractivity contribution in [2.24, 2.45) is 0 Å². The second-order valence-corrected chi connectivity index (χ2v) is 6.72. The molecule has 0 aliphatic heterocycles. The van der Waals surface area contributed by atoms with Crippen molar-refractivity contribution in [3.05, 3.63) is 63.6 Å². The quantitative estimate of drug-likeness (QED) is 0.643. The van der Waals surface area contributed by atoms with Gasteiger partial charge in [-0.2, -0.15) is 0 Å². The number of anilines is 2. The molecule has 7 heteroatoms. The van der Waals surface area contributed by atoms with Crippen molar-refractivity contribution in [2.75, 3.05) is 11.9 Å². The largest absolute Gasteiger partial charge is 0.342 e. The molecule has 0 N–H and O–H groups in total. The number of Topliss-reactive ketones (excluding diaryl/α,β-unsaturated/α-hetero) is 1. The van der Waals surface area contributed by atoms with E-state index in [1.807, 2.05) is 30.3 Å². The Bertz CT molecular complexity index is 866. The summed E-state index contributed by atoms with van der Waals surface area (Å²) in [5.41, 5.74) is 3.11. The molecule has 0 amide bonds. The van der Waals surface area contributed by atoms with Gasteiger partial charge in [0, 0.05) is 34.4 Å². The van der Waals surface area contributed by atoms with Gasteiger partial charge in [0.05, 0.1) is 24.5 Å². The molecule has 24 heavy (non-hydrogen) atoms. The Labute approximate surface area is 149 Å². The van der Waals surface area contributed by atoms with E-state index >= 15 is 0 Å². The summed E-state index contributed by atoms with van der Waals surface area (Å²) < 4.78 is 0. The molecule has 0 saturated carbocycles. The van der Waals surface area contributed by atoms with Crippen LogP contribution < -0.4 is 4.90 Å². The van der Waals surface area contributed by atoms with Crippen LogP contribution in [-0.4, -0.2) is 27.8 Å². The minimum absolute atomic E-state index is 0.00851. The van der Waals surface area contributed by atoms with Crippen LogP contribution in [0.2, 0.25) is 5.02 Å². The number of thiazole rings is 1. The average Bonchev–Trinajstić information content (AvgIpc) is 2.99. The molecule has 0 aliphatic rings. The number of rotatable bonds is 5. The molecule has 0 aliphatic carbocycles. The number of benzene rings is 1. The van der Waals surface area contributed by atoms with Crippen LogP contribution in [0.15, 0.2) is 42.3 Å². The van der Waals surface area contributed by atoms with E-state index in [4.69, 9.17) is 11.6 Å². The van der Waals surface area contributed by atoms with Gasteiger partial charge in [-0.05, 0) is 25.1 Å². The highest BCUT2D eigenvalue weighted by Gasteiger charge is 2.14. The van der Waals surface area contributed by atoms with E-state index in [0.29, 0.717) is 10.6 Å². The van der Waals surface area contributed by atoms with Crippen LogP contribution in [0.5, 0.6) is 0 Å². The summed E-state index contributed by atoms with van der Waals surface area (Å²) in [6.07, 6.45) is 5.15. The Hall–Kier alpha value is -2.31. The van der Waals surface area contributed by atoms with Gasteiger partial charge in [-0.1, -0.05) is 11.6 Å². The maximum atomic E-state index is 12.6. The number of hydrogen-bond donors (Lipinski definition) is 0. The lowest BCUT2D eigenvalue weighted by Gasteiger charge is -2.19. The summed E-state index contributed by atoms with van der Waals surface area (Å²) in [6, 6.07) is 5.31. The van der Waals surface area contributed by atoms with Crippen LogP contribution in [0.25, 0.3) is 0 Å². The van der Waals surface area contributed by atoms with E-state index in [9.17, 15) is 4.79 Å². The molecule has 3 rings (SSSR count). The fraction of sp³-hybridized carbons (Fsp3) is 0.176. The summed E-state index contributed by atoms with van der Waals surface area (Å²) in [6.45, 7) is 1.92. The zero-order valence-electron chi connectivity index (χ0n) is 13.2. The van der Waals surface area contributed by atoms with Crippen molar-refractivity contribution in [1.82, 2.24) is 15.0 Å². The second kappa shape index (κ2) is 7.07. The summed E-state index contributed by atoms with van der Waals surface area (Å²) in [5.74, 6) is -0.00851. The molecule has 0 bridgehead atoms. The van der Waals surface area contributed by atoms with E-state index in [0.717, 1.165) is 22.1 Å². The number of hydrogen-bond acceptors (Lipinski definition) is 6. The Morgan fingerprint density at radius 3 is 2.62 bits per heavy atom. The predicted octanol–water partition coefficient (Wildman–Crippen LogP) is 4.09. The molecule has 0 unspecified atom stereocenters. The zero-order valence-corrected chi connectivity index (χ0v) is 14.8. The first-order valence-corrected chi connectivity index (χ1v) is 8.52. The third kappa shape index (κ3) is 3.77. The van der Waals surface area contributed by atoms with Crippen molar-refractivity contribution in [3.8, 4) is 0 Å². The van der Waals surface area contributed by atoms with Crippen LogP contribution in [0.3, 0.4) is 0 Å². The van der Waals surface area contributed by atoms with Gasteiger partial charge in [0.25, 0.3) is 0 Å². The Kier molecular flexibility index (Phi) is 4.87. The summed E-state index contributed by atoms with van der Waals surface area (Å²) in [7, 11) is 1.88. The molecule has 0 atom stereocenters. The Morgan fingerprint density at radius 2 is 1.96 bits per heavy atom. The average molecular weight is 359 g/mol. The first-order chi connectivity index (χ1) is 11.5. The predicted molar refractivity (Wildman–Crippen MR) is 96.4 cm³/mol. The smallest absolute Gasteiger partial charge is 0.169 e. The number of carbonyl (C=O) groups is 1. The van der Waals surface area contributed by atoms with Gasteiger partial charge in [0.1, 0.15) is 11.3 Å². The molecular weight excluding hydrogens is 344 g/mol. The molecule has 2 aromatic heterocycles. The normalized spacial score (nSPS) is 10.6. The van der Waals surface area contributed by atoms with Gasteiger partial charge in [0.2, 0.25) is 0 Å². The van der Waals surface area contributed by atoms with E-state index in [1.54, 1.807) is 24.5 Å². The van der Waals surface area contributed by atoms with Crippen LogP contribution in [0.1, 0.15) is 21.1 Å². The zero-order chi connectivity index (χ0) is 17.1. The maximum absolute atomic E-state index is 12.6. The molecule has 122 valence electrons. The molecule has 2 heterocycles. The standard InChI is InChI=1S/C17H15ClN4OS/c1-11-9-24-17(21-11)6-16(23)12-3-13(18)5-14(4-12)22(2)15-7-19-10-20-8-15/h3-5,7-10H,6H2,1-2H3. The summed E-state index contributed by atoms with van der Waals surface area (Å²) in [4.78, 5) is 26.8. The van der Waals surface area contributed by atoms with Gasteiger partial charge in [-0.3, -0.25) is 4.79 Å². The van der Waals surface area contributed by atoms with Crippen molar-refractivity contribution in [1.29, 1.82) is 0 Å². The van der Waals surface area contributed by atoms with Crippen molar-refractivity contribution in [3.63, 3.8) is 0 Å². The second-order valence-electron chi connectivity index (χ2n) is 5.34. The van der Waals surface area contributed by atoms with E-state index < -0.39 is 0 Å². The lowest BCUT2D eigenvalue weighted by molar-refractivity contribution is 0.0993. The highest BCUT2D eigenvalue weighted by atomic mass is 35.5. The third-order valence-electron chi connectivity index (χ3n) is 3.50. The van der Waals surface area contributed by atoms with Crippen molar-refractivity contribution < 1.29 is 4.79 Å². The lowest BCUT2D eigenvalue weighted by Crippen LogP contribution is -2.12. The van der Waals surface area contributed by atoms with Gasteiger partial charge < -0.3 is 4.90 Å². The number of ketones is 1. The minimum Gasteiger partial charge on any atom is -0.342 e. The fourth-order valence-electron chi connectivity index (χ4n) is 2.27. The van der Waals surface area contributed by atoms with E-state index in [1.165, 1.54) is 17.7 Å². The number of aromatic nitrogens is 3. The van der Waals surface area contributed by atoms with Gasteiger partial charge >= 0.3 is 0 Å². The summed E-state index contributed by atoms with van der Waals surface area (Å²) in [5, 5.41) is 3.26. The van der Waals surface area contributed by atoms with Crippen LogP contribution >= 0.6 is 22.9 Å². The van der Waals surface area contributed by atoms with Crippen LogP contribution in [0.4, 0.5) is 11.4 Å². The first kappa shape index (κ1) is 16.5. The minimum atomic E-state index is -0.00851. The van der Waals surface area contributed by atoms with Crippen LogP contribution in [-0.2, 0) is 6.42 Å². The monoisotopic (exact) mass is 358 g/mol. The lowest BCUT2D eigenvalue weighted by atomic mass is 10.1. The topological polar surface area (TPSA) is 59.0 Å². The molecule has 1 aromatic carbocycles. The third-order valence-corrected chi connectivity index (χ3v) is 4.69. The van der Waals surface area contributed by atoms with E-state index in [-0.39, 0.29) is 12.2 Å². The molecule has 0 radical (unpaired) electrons. The number of aryl methyl sites for hydroxylation is 1. The Morgan fingerprint density at radius 1 is 1.21 bits per heavy atom. The molecule has 0 spiro atoms. The van der Waals surface area contributed by atoms with Crippen molar-refractivity contribution in [2.45, 2.75) is 13.3 Å².